The molecule has 0 N–H and O–H groups in total. The van der Waals surface area contributed by atoms with E-state index in [1.807, 2.05) is 21.1 Å². The number of carbonyl (C=O) groups is 2. The molecule has 516 valence electrons. The highest BCUT2D eigenvalue weighted by atomic mass is 31.2. The van der Waals surface area contributed by atoms with Gasteiger partial charge >= 0.3 is 11.9 Å². The average molecular weight is 1260 g/mol. The predicted octanol–water partition coefficient (Wildman–Crippen LogP) is 24.0. The highest BCUT2D eigenvalue weighted by Crippen LogP contribution is 2.38. The van der Waals surface area contributed by atoms with Crippen LogP contribution in [0.5, 0.6) is 0 Å². The van der Waals surface area contributed by atoms with Crippen LogP contribution in [0.3, 0.4) is 0 Å². The van der Waals surface area contributed by atoms with Crippen molar-refractivity contribution in [2.75, 3.05) is 47.5 Å². The Balaban J connectivity index is 3.98. The molecule has 10 heteroatoms. The fraction of sp³-hybridized carbons (Fsp3) is 0.772. The highest BCUT2D eigenvalue weighted by molar-refractivity contribution is 7.45. The number of hydrogen-bond donors (Lipinski definition) is 0. The maximum absolute atomic E-state index is 12.9. The number of carbonyl (C=O) groups excluding carboxylic acids is 2. The number of ether oxygens (including phenoxy) is 2. The molecule has 0 amide bonds. The van der Waals surface area contributed by atoms with Crippen molar-refractivity contribution in [3.63, 3.8) is 0 Å². The number of hydrogen-bond acceptors (Lipinski definition) is 8. The number of nitrogens with zero attached hydrogens (tertiary/aromatic N) is 1. The SMILES string of the molecule is CC/C=C\C/C=C\C/C=C\C/C=C\C/C=C\C/C=C\C/C=C\C/C=C\CCCCCCCCCCCCCCCCCCC(=O)OC(COC(=O)CCCCCCCCCCCCCCCCCCCCCCCCCC)COP(=O)([O-])OCC[N+](C)(C)C. The first-order chi connectivity index (χ1) is 43.5. The molecule has 0 aliphatic heterocycles. The fourth-order valence-electron chi connectivity index (χ4n) is 10.7. The average Bonchev–Trinajstić information content (AvgIpc) is 3.60. The summed E-state index contributed by atoms with van der Waals surface area (Å²) in [5, 5.41) is 0. The molecule has 0 aliphatic carbocycles. The first kappa shape index (κ1) is 85.9. The van der Waals surface area contributed by atoms with Gasteiger partial charge in [-0.3, -0.25) is 14.2 Å². The Morgan fingerprint density at radius 3 is 0.955 bits per heavy atom. The van der Waals surface area contributed by atoms with Crippen LogP contribution in [0.15, 0.2) is 97.2 Å². The summed E-state index contributed by atoms with van der Waals surface area (Å²) in [5.74, 6) is -0.818. The highest BCUT2D eigenvalue weighted by Gasteiger charge is 2.22. The lowest BCUT2D eigenvalue weighted by Gasteiger charge is -2.28. The van der Waals surface area contributed by atoms with Gasteiger partial charge in [-0.05, 0) is 77.0 Å². The van der Waals surface area contributed by atoms with Gasteiger partial charge in [0.05, 0.1) is 27.7 Å². The smallest absolute Gasteiger partial charge is 0.306 e. The molecule has 0 saturated heterocycles. The van der Waals surface area contributed by atoms with Gasteiger partial charge in [0, 0.05) is 12.8 Å². The molecule has 9 nitrogen and oxygen atoms in total. The van der Waals surface area contributed by atoms with Gasteiger partial charge in [0.15, 0.2) is 6.10 Å². The second kappa shape index (κ2) is 69.3. The van der Waals surface area contributed by atoms with E-state index in [1.54, 1.807) is 0 Å². The number of allylic oxidation sites excluding steroid dienone is 16. The van der Waals surface area contributed by atoms with Crippen LogP contribution in [0.25, 0.3) is 0 Å². The minimum absolute atomic E-state index is 0.0308. The van der Waals surface area contributed by atoms with Crippen LogP contribution in [0.4, 0.5) is 0 Å². The lowest BCUT2D eigenvalue weighted by Crippen LogP contribution is -2.37. The third kappa shape index (κ3) is 73.9. The topological polar surface area (TPSA) is 111 Å². The van der Waals surface area contributed by atoms with Gasteiger partial charge in [-0.25, -0.2) is 0 Å². The van der Waals surface area contributed by atoms with E-state index in [2.05, 4.69) is 111 Å². The lowest BCUT2D eigenvalue weighted by atomic mass is 10.0. The van der Waals surface area contributed by atoms with Crippen molar-refractivity contribution in [1.82, 2.24) is 0 Å². The second-order valence-corrected chi connectivity index (χ2v) is 27.7. The molecule has 89 heavy (non-hydrogen) atoms. The molecule has 0 spiro atoms. The number of likely N-dealkylation sites (N-methyl/N-ethyl adjacent to an activating group) is 1. The van der Waals surface area contributed by atoms with E-state index in [-0.39, 0.29) is 32.0 Å². The predicted molar refractivity (Wildman–Crippen MR) is 383 cm³/mol. The molecule has 0 rings (SSSR count). The molecule has 0 bridgehead atoms. The minimum Gasteiger partial charge on any atom is -0.756 e. The summed E-state index contributed by atoms with van der Waals surface area (Å²) in [4.78, 5) is 38.1. The van der Waals surface area contributed by atoms with Crippen molar-refractivity contribution >= 4 is 19.8 Å². The standard InChI is InChI=1S/C79H142NO8P/c1-6-8-10-12-14-16-18-20-22-24-26-28-30-32-33-34-35-36-37-38-39-40-41-42-43-44-45-46-47-48-50-52-54-56-58-60-62-64-66-68-70-72-79(82)88-77(76-87-89(83,84)86-74-73-80(3,4)5)75-85-78(81)71-69-67-65-63-61-59-57-55-53-51-49-31-29-27-25-23-21-19-17-15-13-11-9-7-2/h8,10,14,16,20,22,26,28,32-33,35-36,38-39,41-42,77H,6-7,9,11-13,15,17-19,21,23-25,27,29-31,34,37,40,43-76H2,1-5H3/b10-8-,16-14-,22-20-,28-26-,33-32-,36-35-,39-38-,42-41-. The zero-order valence-corrected chi connectivity index (χ0v) is 59.8. The minimum atomic E-state index is -4.64. The molecular weight excluding hydrogens is 1120 g/mol. The molecule has 0 radical (unpaired) electrons. The quantitative estimate of drug-likeness (QED) is 0.0195. The first-order valence-corrected chi connectivity index (χ1v) is 38.9. The zero-order chi connectivity index (χ0) is 64.8. The van der Waals surface area contributed by atoms with Crippen LogP contribution < -0.4 is 4.89 Å². The lowest BCUT2D eigenvalue weighted by molar-refractivity contribution is -0.870. The van der Waals surface area contributed by atoms with Gasteiger partial charge in [-0.15, -0.1) is 0 Å². The second-order valence-electron chi connectivity index (χ2n) is 26.3. The third-order valence-corrected chi connectivity index (χ3v) is 17.3. The van der Waals surface area contributed by atoms with Crippen LogP contribution in [0.2, 0.25) is 0 Å². The van der Waals surface area contributed by atoms with Gasteiger partial charge in [0.1, 0.15) is 19.8 Å². The molecule has 2 atom stereocenters. The van der Waals surface area contributed by atoms with Crippen molar-refractivity contribution in [2.24, 2.45) is 0 Å². The summed E-state index contributed by atoms with van der Waals surface area (Å²) >= 11 is 0. The first-order valence-electron chi connectivity index (χ1n) is 37.4. The molecule has 2 unspecified atom stereocenters. The largest absolute Gasteiger partial charge is 0.756 e. The Bertz CT molecular complexity index is 1820. The molecule has 0 saturated carbocycles. The Kier molecular flexibility index (Phi) is 66.9. The maximum atomic E-state index is 12.9. The van der Waals surface area contributed by atoms with E-state index in [1.165, 1.54) is 218 Å². The van der Waals surface area contributed by atoms with E-state index >= 15 is 0 Å². The number of phosphoric acid groups is 1. The molecule has 0 aliphatic rings. The van der Waals surface area contributed by atoms with Gasteiger partial charge in [0.2, 0.25) is 0 Å². The summed E-state index contributed by atoms with van der Waals surface area (Å²) < 4.78 is 34.4. The van der Waals surface area contributed by atoms with Gasteiger partial charge < -0.3 is 27.9 Å². The van der Waals surface area contributed by atoms with Crippen molar-refractivity contribution in [3.05, 3.63) is 97.2 Å². The van der Waals surface area contributed by atoms with E-state index in [0.29, 0.717) is 17.4 Å². The van der Waals surface area contributed by atoms with E-state index in [0.717, 1.165) is 89.9 Å². The Morgan fingerprint density at radius 1 is 0.360 bits per heavy atom. The molecule has 0 fully saturated rings. The van der Waals surface area contributed by atoms with Crippen LogP contribution in [0, 0.1) is 0 Å². The molecular formula is C79H142NO8P. The summed E-state index contributed by atoms with van der Waals surface area (Å²) in [6, 6.07) is 0. The summed E-state index contributed by atoms with van der Waals surface area (Å²) in [7, 11) is 1.18. The third-order valence-electron chi connectivity index (χ3n) is 16.4. The van der Waals surface area contributed by atoms with E-state index in [9.17, 15) is 19.0 Å². The fourth-order valence-corrected chi connectivity index (χ4v) is 11.4. The van der Waals surface area contributed by atoms with E-state index in [4.69, 9.17) is 18.5 Å². The van der Waals surface area contributed by atoms with Crippen molar-refractivity contribution in [1.29, 1.82) is 0 Å². The normalized spacial score (nSPS) is 13.6. The monoisotopic (exact) mass is 1260 g/mol. The van der Waals surface area contributed by atoms with Gasteiger partial charge in [-0.2, -0.15) is 0 Å². The van der Waals surface area contributed by atoms with Crippen LogP contribution in [-0.2, 0) is 32.7 Å². The molecule has 0 aromatic rings. The number of unbranched alkanes of at least 4 members (excludes halogenated alkanes) is 39. The molecule has 0 aromatic heterocycles. The number of quaternary nitrogens is 1. The zero-order valence-electron chi connectivity index (χ0n) is 58.9. The summed E-state index contributed by atoms with van der Waals surface area (Å²) in [6.45, 7) is 4.18. The van der Waals surface area contributed by atoms with Crippen LogP contribution in [0.1, 0.15) is 341 Å². The molecule has 0 heterocycles. The van der Waals surface area contributed by atoms with Crippen LogP contribution in [-0.4, -0.2) is 70.0 Å². The summed E-state index contributed by atoms with van der Waals surface area (Å²) in [5.41, 5.74) is 0. The Labute approximate surface area is 551 Å². The van der Waals surface area contributed by atoms with Gasteiger partial charge in [0.25, 0.3) is 7.82 Å². The molecule has 0 aromatic carbocycles. The van der Waals surface area contributed by atoms with Crippen molar-refractivity contribution in [3.8, 4) is 0 Å². The van der Waals surface area contributed by atoms with Crippen molar-refractivity contribution in [2.45, 2.75) is 347 Å². The Morgan fingerprint density at radius 2 is 0.640 bits per heavy atom. The van der Waals surface area contributed by atoms with Crippen molar-refractivity contribution < 1.29 is 42.1 Å². The Hall–Kier alpha value is -3.07. The van der Waals surface area contributed by atoms with Crippen LogP contribution >= 0.6 is 7.82 Å². The summed E-state index contributed by atoms with van der Waals surface area (Å²) in [6.07, 6.45) is 96.5. The maximum Gasteiger partial charge on any atom is 0.306 e. The number of esters is 2. The van der Waals surface area contributed by atoms with E-state index < -0.39 is 26.5 Å². The number of phosphoric ester groups is 1. The number of rotatable bonds is 69. The van der Waals surface area contributed by atoms with Gasteiger partial charge in [-0.1, -0.05) is 349 Å².